The molecule has 1 saturated heterocycles. The van der Waals surface area contributed by atoms with E-state index in [0.29, 0.717) is 5.25 Å². The molecule has 2 atom stereocenters. The van der Waals surface area contributed by atoms with E-state index in [-0.39, 0.29) is 11.9 Å². The van der Waals surface area contributed by atoms with Crippen LogP contribution < -0.4 is 10.1 Å². The number of ether oxygens (including phenoxy) is 1. The van der Waals surface area contributed by atoms with Gasteiger partial charge in [-0.3, -0.25) is 0 Å². The average molecular weight is 283 g/mol. The molecule has 1 aliphatic rings. The second-order valence-electron chi connectivity index (χ2n) is 4.87. The third-order valence-electron chi connectivity index (χ3n) is 3.48. The van der Waals surface area contributed by atoms with Gasteiger partial charge in [-0.15, -0.1) is 0 Å². The summed E-state index contributed by atoms with van der Waals surface area (Å²) in [6.07, 6.45) is 3.51. The number of hydrogen-bond acceptors (Lipinski definition) is 3. The largest absolute Gasteiger partial charge is 0.496 e. The van der Waals surface area contributed by atoms with Crippen LogP contribution in [0, 0.1) is 5.82 Å². The van der Waals surface area contributed by atoms with Crippen LogP contribution in [0.25, 0.3) is 0 Å². The highest BCUT2D eigenvalue weighted by molar-refractivity contribution is 8.00. The van der Waals surface area contributed by atoms with Crippen LogP contribution in [0.1, 0.15) is 37.8 Å². The highest BCUT2D eigenvalue weighted by Gasteiger charge is 2.28. The molecule has 4 heteroatoms. The van der Waals surface area contributed by atoms with E-state index in [2.05, 4.69) is 12.2 Å². The number of benzene rings is 1. The Morgan fingerprint density at radius 3 is 3.00 bits per heavy atom. The van der Waals surface area contributed by atoms with Crippen molar-refractivity contribution in [3.05, 3.63) is 29.6 Å². The first kappa shape index (κ1) is 14.7. The van der Waals surface area contributed by atoms with Gasteiger partial charge < -0.3 is 10.1 Å². The Labute approximate surface area is 119 Å². The summed E-state index contributed by atoms with van der Waals surface area (Å²) in [6.45, 7) is 3.09. The Morgan fingerprint density at radius 1 is 1.53 bits per heavy atom. The summed E-state index contributed by atoms with van der Waals surface area (Å²) in [6, 6.07) is 4.98. The van der Waals surface area contributed by atoms with Crippen LogP contribution in [0.3, 0.4) is 0 Å². The van der Waals surface area contributed by atoms with E-state index < -0.39 is 0 Å². The van der Waals surface area contributed by atoms with E-state index in [4.69, 9.17) is 4.74 Å². The molecule has 1 aliphatic heterocycles. The number of rotatable bonds is 6. The van der Waals surface area contributed by atoms with Crippen molar-refractivity contribution < 1.29 is 9.13 Å². The van der Waals surface area contributed by atoms with Gasteiger partial charge in [-0.2, -0.15) is 11.8 Å². The predicted molar refractivity (Wildman–Crippen MR) is 79.5 cm³/mol. The van der Waals surface area contributed by atoms with Crippen LogP contribution in [0.2, 0.25) is 0 Å². The SMILES string of the molecule is CCCNC(c1cc(F)ccc1OC)C1CCCS1. The number of nitrogens with one attached hydrogen (secondary N) is 1. The lowest BCUT2D eigenvalue weighted by atomic mass is 9.99. The lowest BCUT2D eigenvalue weighted by Gasteiger charge is -2.26. The minimum Gasteiger partial charge on any atom is -0.496 e. The smallest absolute Gasteiger partial charge is 0.123 e. The van der Waals surface area contributed by atoms with Gasteiger partial charge in [0.2, 0.25) is 0 Å². The number of halogens is 1. The van der Waals surface area contributed by atoms with Gasteiger partial charge in [0.25, 0.3) is 0 Å². The van der Waals surface area contributed by atoms with E-state index >= 15 is 0 Å². The minimum atomic E-state index is -0.193. The highest BCUT2D eigenvalue weighted by Crippen LogP contribution is 2.39. The van der Waals surface area contributed by atoms with Crippen molar-refractivity contribution in [3.8, 4) is 5.75 Å². The molecule has 0 spiro atoms. The van der Waals surface area contributed by atoms with Crippen LogP contribution in [-0.4, -0.2) is 24.7 Å². The summed E-state index contributed by atoms with van der Waals surface area (Å²) >= 11 is 1.98. The molecular weight excluding hydrogens is 261 g/mol. The monoisotopic (exact) mass is 283 g/mol. The first-order valence-electron chi connectivity index (χ1n) is 6.94. The summed E-state index contributed by atoms with van der Waals surface area (Å²) in [4.78, 5) is 0. The zero-order chi connectivity index (χ0) is 13.7. The van der Waals surface area contributed by atoms with Crippen LogP contribution in [0.15, 0.2) is 18.2 Å². The zero-order valence-electron chi connectivity index (χ0n) is 11.6. The molecular formula is C15H22FNOS. The Kier molecular flexibility index (Phi) is 5.52. The minimum absolute atomic E-state index is 0.179. The second-order valence-corrected chi connectivity index (χ2v) is 6.22. The van der Waals surface area contributed by atoms with Crippen molar-refractivity contribution in [2.75, 3.05) is 19.4 Å². The van der Waals surface area contributed by atoms with Crippen molar-refractivity contribution in [3.63, 3.8) is 0 Å². The first-order chi connectivity index (χ1) is 9.26. The van der Waals surface area contributed by atoms with Crippen molar-refractivity contribution in [2.45, 2.75) is 37.5 Å². The predicted octanol–water partition coefficient (Wildman–Crippen LogP) is 3.77. The molecule has 0 aromatic heterocycles. The molecule has 2 rings (SSSR count). The quantitative estimate of drug-likeness (QED) is 0.858. The molecule has 0 saturated carbocycles. The Bertz CT molecular complexity index is 407. The molecule has 1 aromatic rings. The number of methoxy groups -OCH3 is 1. The average Bonchev–Trinajstić information content (AvgIpc) is 2.93. The van der Waals surface area contributed by atoms with Crippen LogP contribution >= 0.6 is 11.8 Å². The van der Waals surface area contributed by atoms with Gasteiger partial charge in [0.05, 0.1) is 7.11 Å². The summed E-state index contributed by atoms with van der Waals surface area (Å²) in [5.41, 5.74) is 0.954. The lowest BCUT2D eigenvalue weighted by Crippen LogP contribution is -2.30. The summed E-state index contributed by atoms with van der Waals surface area (Å²) in [7, 11) is 1.65. The Hall–Kier alpha value is -0.740. The maximum Gasteiger partial charge on any atom is 0.123 e. The zero-order valence-corrected chi connectivity index (χ0v) is 12.4. The molecule has 0 amide bonds. The molecule has 106 valence electrons. The van der Waals surface area contributed by atoms with E-state index in [1.807, 2.05) is 11.8 Å². The molecule has 0 bridgehead atoms. The van der Waals surface area contributed by atoms with Crippen molar-refractivity contribution in [2.24, 2.45) is 0 Å². The van der Waals surface area contributed by atoms with Crippen molar-refractivity contribution in [1.29, 1.82) is 0 Å². The van der Waals surface area contributed by atoms with Gasteiger partial charge in [0, 0.05) is 16.9 Å². The molecule has 0 radical (unpaired) electrons. The van der Waals surface area contributed by atoms with Gasteiger partial charge in [-0.1, -0.05) is 6.92 Å². The van der Waals surface area contributed by atoms with Gasteiger partial charge in [0.15, 0.2) is 0 Å². The third kappa shape index (κ3) is 3.63. The molecule has 1 fully saturated rings. The van der Waals surface area contributed by atoms with Crippen molar-refractivity contribution in [1.82, 2.24) is 5.32 Å². The Balaban J connectivity index is 2.27. The summed E-state index contributed by atoms with van der Waals surface area (Å²) in [5, 5.41) is 4.08. The fourth-order valence-electron chi connectivity index (χ4n) is 2.56. The van der Waals surface area contributed by atoms with Gasteiger partial charge in [0.1, 0.15) is 11.6 Å². The van der Waals surface area contributed by atoms with Gasteiger partial charge in [-0.05, 0) is 49.8 Å². The van der Waals surface area contributed by atoms with E-state index in [9.17, 15) is 4.39 Å². The second kappa shape index (κ2) is 7.15. The molecule has 1 aromatic carbocycles. The lowest BCUT2D eigenvalue weighted by molar-refractivity contribution is 0.394. The van der Waals surface area contributed by atoms with Gasteiger partial charge >= 0.3 is 0 Å². The summed E-state index contributed by atoms with van der Waals surface area (Å²) < 4.78 is 19.0. The van der Waals surface area contributed by atoms with E-state index in [1.165, 1.54) is 24.7 Å². The molecule has 1 N–H and O–H groups in total. The molecule has 0 aliphatic carbocycles. The maximum absolute atomic E-state index is 13.6. The number of hydrogen-bond donors (Lipinski definition) is 1. The maximum atomic E-state index is 13.6. The first-order valence-corrected chi connectivity index (χ1v) is 7.99. The standard InChI is InChI=1S/C15H22FNOS/c1-3-8-17-15(14-5-4-9-19-14)12-10-11(16)6-7-13(12)18-2/h6-7,10,14-15,17H,3-5,8-9H2,1-2H3. The molecule has 2 nitrogen and oxygen atoms in total. The van der Waals surface area contributed by atoms with Crippen LogP contribution in [-0.2, 0) is 0 Å². The number of thioether (sulfide) groups is 1. The fraction of sp³-hybridized carbons (Fsp3) is 0.600. The van der Waals surface area contributed by atoms with Gasteiger partial charge in [-0.25, -0.2) is 4.39 Å². The van der Waals surface area contributed by atoms with E-state index in [1.54, 1.807) is 19.2 Å². The molecule has 1 heterocycles. The third-order valence-corrected chi connectivity index (χ3v) is 4.94. The van der Waals surface area contributed by atoms with Crippen LogP contribution in [0.4, 0.5) is 4.39 Å². The Morgan fingerprint density at radius 2 is 2.37 bits per heavy atom. The highest BCUT2D eigenvalue weighted by atomic mass is 32.2. The molecule has 19 heavy (non-hydrogen) atoms. The summed E-state index contributed by atoms with van der Waals surface area (Å²) in [5.74, 6) is 1.79. The normalized spacial score (nSPS) is 20.5. The van der Waals surface area contributed by atoms with Crippen molar-refractivity contribution >= 4 is 11.8 Å². The molecule has 2 unspecified atom stereocenters. The van der Waals surface area contributed by atoms with Crippen LogP contribution in [0.5, 0.6) is 5.75 Å². The topological polar surface area (TPSA) is 21.3 Å². The fourth-order valence-corrected chi connectivity index (χ4v) is 3.96. The van der Waals surface area contributed by atoms with E-state index in [0.717, 1.165) is 24.3 Å².